The van der Waals surface area contributed by atoms with Gasteiger partial charge in [0, 0.05) is 17.3 Å². The van der Waals surface area contributed by atoms with Crippen molar-refractivity contribution in [1.29, 1.82) is 0 Å². The number of ether oxygens (including phenoxy) is 1. The Kier molecular flexibility index (Phi) is 5.69. The van der Waals surface area contributed by atoms with Crippen molar-refractivity contribution in [3.63, 3.8) is 0 Å². The van der Waals surface area contributed by atoms with Crippen LogP contribution in [0.5, 0.6) is 0 Å². The van der Waals surface area contributed by atoms with Crippen LogP contribution in [0.25, 0.3) is 22.5 Å². The molecular weight excluding hydrogens is 346 g/mol. The minimum absolute atomic E-state index is 0.193. The van der Waals surface area contributed by atoms with Crippen molar-refractivity contribution in [2.75, 3.05) is 6.61 Å². The Morgan fingerprint density at radius 2 is 2.00 bits per heavy atom. The van der Waals surface area contributed by atoms with Gasteiger partial charge in [-0.1, -0.05) is 31.5 Å². The molecule has 0 spiro atoms. The van der Waals surface area contributed by atoms with Crippen LogP contribution in [0.15, 0.2) is 34.7 Å². The fourth-order valence-corrected chi connectivity index (χ4v) is 3.08. The van der Waals surface area contributed by atoms with Crippen LogP contribution in [0.4, 0.5) is 0 Å². The van der Waals surface area contributed by atoms with Gasteiger partial charge in [0.05, 0.1) is 6.61 Å². The fourth-order valence-electron chi connectivity index (χ4n) is 3.08. The number of rotatable bonds is 8. The van der Waals surface area contributed by atoms with E-state index in [0.717, 1.165) is 23.7 Å². The van der Waals surface area contributed by atoms with Crippen LogP contribution in [-0.4, -0.2) is 33.1 Å². The van der Waals surface area contributed by atoms with Gasteiger partial charge in [-0.2, -0.15) is 0 Å². The summed E-state index contributed by atoms with van der Waals surface area (Å²) in [6.07, 6.45) is 2.66. The van der Waals surface area contributed by atoms with Gasteiger partial charge in [0.1, 0.15) is 5.69 Å². The number of para-hydroxylation sites is 1. The summed E-state index contributed by atoms with van der Waals surface area (Å²) in [5, 5.41) is 9.11. The van der Waals surface area contributed by atoms with E-state index < -0.39 is 12.0 Å². The van der Waals surface area contributed by atoms with E-state index in [-0.39, 0.29) is 18.3 Å². The molecule has 0 aliphatic heterocycles. The van der Waals surface area contributed by atoms with Crippen LogP contribution >= 0.6 is 0 Å². The smallest absolute Gasteiger partial charge is 0.336 e. The van der Waals surface area contributed by atoms with E-state index in [4.69, 9.17) is 9.15 Å². The molecule has 0 saturated carbocycles. The van der Waals surface area contributed by atoms with Crippen LogP contribution in [0.2, 0.25) is 0 Å². The average Bonchev–Trinajstić information content (AvgIpc) is 3.25. The molecule has 27 heavy (non-hydrogen) atoms. The number of esters is 1. The van der Waals surface area contributed by atoms with E-state index in [1.165, 1.54) is 6.92 Å². The third-order valence-corrected chi connectivity index (χ3v) is 4.33. The predicted octanol–water partition coefficient (Wildman–Crippen LogP) is 3.73. The number of unbranched alkanes of at least 4 members (excludes halogenated alkanes) is 1. The highest BCUT2D eigenvalue weighted by atomic mass is 16.5. The molecule has 0 bridgehead atoms. The van der Waals surface area contributed by atoms with Crippen LogP contribution in [0.1, 0.15) is 45.5 Å². The zero-order valence-electron chi connectivity index (χ0n) is 15.8. The molecule has 2 aromatic heterocycles. The largest absolute Gasteiger partial charge is 0.464 e. The molecule has 1 atom stereocenters. The lowest BCUT2D eigenvalue weighted by molar-refractivity contribution is -0.149. The lowest BCUT2D eigenvalue weighted by Gasteiger charge is -2.17. The molecule has 2 heterocycles. The van der Waals surface area contributed by atoms with E-state index in [1.807, 2.05) is 30.3 Å². The fraction of sp³-hybridized carbons (Fsp3) is 0.400. The molecule has 0 radical (unpaired) electrons. The Morgan fingerprint density at radius 3 is 2.70 bits per heavy atom. The molecule has 142 valence electrons. The van der Waals surface area contributed by atoms with Gasteiger partial charge in [-0.25, -0.2) is 4.79 Å². The second-order valence-electron chi connectivity index (χ2n) is 6.33. The predicted molar refractivity (Wildman–Crippen MR) is 100 cm³/mol. The molecule has 1 unspecified atom stereocenters. The maximum Gasteiger partial charge on any atom is 0.336 e. The highest BCUT2D eigenvalue weighted by molar-refractivity contribution is 6.02. The van der Waals surface area contributed by atoms with Crippen LogP contribution in [-0.2, 0) is 20.7 Å². The molecule has 0 fully saturated rings. The van der Waals surface area contributed by atoms with Crippen molar-refractivity contribution >= 4 is 22.7 Å². The molecule has 0 aliphatic rings. The summed E-state index contributed by atoms with van der Waals surface area (Å²) < 4.78 is 12.6. The normalized spacial score (nSPS) is 12.3. The Labute approximate surface area is 157 Å². The first-order valence-electron chi connectivity index (χ1n) is 9.16. The second-order valence-corrected chi connectivity index (χ2v) is 6.33. The summed E-state index contributed by atoms with van der Waals surface area (Å²) in [5.74, 6) is -0.0906. The number of fused-ring (bicyclic) bond motifs is 1. The summed E-state index contributed by atoms with van der Waals surface area (Å²) >= 11 is 0. The van der Waals surface area contributed by atoms with E-state index in [1.54, 1.807) is 11.5 Å². The van der Waals surface area contributed by atoms with E-state index in [9.17, 15) is 9.59 Å². The molecule has 0 aliphatic carbocycles. The van der Waals surface area contributed by atoms with E-state index in [2.05, 4.69) is 17.1 Å². The summed E-state index contributed by atoms with van der Waals surface area (Å²) in [7, 11) is 0. The summed E-state index contributed by atoms with van der Waals surface area (Å²) in [5.41, 5.74) is 1.26. The Morgan fingerprint density at radius 1 is 1.22 bits per heavy atom. The van der Waals surface area contributed by atoms with Gasteiger partial charge in [0.2, 0.25) is 5.89 Å². The number of hydrogen-bond donors (Lipinski definition) is 0. The van der Waals surface area contributed by atoms with Gasteiger partial charge in [-0.05, 0) is 32.4 Å². The van der Waals surface area contributed by atoms with Crippen molar-refractivity contribution in [2.24, 2.45) is 0 Å². The molecule has 0 N–H and O–H groups in total. The third-order valence-electron chi connectivity index (χ3n) is 4.33. The number of carbonyl (C=O) groups is 2. The Bertz CT molecular complexity index is 957. The number of aromatic nitrogens is 3. The molecule has 0 saturated heterocycles. The van der Waals surface area contributed by atoms with Crippen LogP contribution in [0.3, 0.4) is 0 Å². The summed E-state index contributed by atoms with van der Waals surface area (Å²) in [6.45, 7) is 5.37. The zero-order valence-corrected chi connectivity index (χ0v) is 15.8. The molecule has 3 aromatic rings. The van der Waals surface area contributed by atoms with Crippen molar-refractivity contribution in [3.8, 4) is 11.6 Å². The molecule has 1 aromatic carbocycles. The van der Waals surface area contributed by atoms with Crippen molar-refractivity contribution in [1.82, 2.24) is 14.8 Å². The maximum atomic E-state index is 12.5. The van der Waals surface area contributed by atoms with E-state index in [0.29, 0.717) is 18.0 Å². The SMILES string of the molecule is CCCCc1nnc(-c2cc3ccccc3n2C(C(C)=O)C(=O)OCC)o1. The van der Waals surface area contributed by atoms with Gasteiger partial charge in [0.25, 0.3) is 5.89 Å². The first-order valence-corrected chi connectivity index (χ1v) is 9.16. The highest BCUT2D eigenvalue weighted by Crippen LogP contribution is 2.32. The highest BCUT2D eigenvalue weighted by Gasteiger charge is 2.31. The number of hydrogen-bond acceptors (Lipinski definition) is 6. The lowest BCUT2D eigenvalue weighted by atomic mass is 10.2. The standard InChI is InChI=1S/C20H23N3O4/c1-4-6-11-17-21-22-19(27-17)16-12-14-9-7-8-10-15(14)23(16)18(13(3)24)20(25)26-5-2/h7-10,12,18H,4-6,11H2,1-3H3. The first kappa shape index (κ1) is 18.8. The zero-order chi connectivity index (χ0) is 19.4. The lowest BCUT2D eigenvalue weighted by Crippen LogP contribution is -2.28. The number of Topliss-reactive ketones (excluding diaryl/α,β-unsaturated/α-hetero) is 1. The second kappa shape index (κ2) is 8.16. The number of carbonyl (C=O) groups excluding carboxylic acids is 2. The molecule has 7 heteroatoms. The van der Waals surface area contributed by atoms with Crippen LogP contribution < -0.4 is 0 Å². The number of ketones is 1. The summed E-state index contributed by atoms with van der Waals surface area (Å²) in [4.78, 5) is 24.9. The van der Waals surface area contributed by atoms with Crippen molar-refractivity contribution in [3.05, 3.63) is 36.2 Å². The number of aryl methyl sites for hydroxylation is 1. The topological polar surface area (TPSA) is 87.2 Å². The number of benzene rings is 1. The maximum absolute atomic E-state index is 12.5. The molecular formula is C20H23N3O4. The monoisotopic (exact) mass is 369 g/mol. The minimum atomic E-state index is -1.11. The molecule has 7 nitrogen and oxygen atoms in total. The van der Waals surface area contributed by atoms with Crippen LogP contribution in [0, 0.1) is 0 Å². The van der Waals surface area contributed by atoms with Gasteiger partial charge >= 0.3 is 5.97 Å². The van der Waals surface area contributed by atoms with Gasteiger partial charge in [0.15, 0.2) is 11.8 Å². The van der Waals surface area contributed by atoms with Gasteiger partial charge in [-0.3, -0.25) is 4.79 Å². The molecule has 0 amide bonds. The van der Waals surface area contributed by atoms with Gasteiger partial charge in [-0.15, -0.1) is 10.2 Å². The summed E-state index contributed by atoms with van der Waals surface area (Å²) in [6, 6.07) is 8.25. The number of nitrogens with zero attached hydrogens (tertiary/aromatic N) is 3. The van der Waals surface area contributed by atoms with E-state index >= 15 is 0 Å². The Hall–Kier alpha value is -2.96. The van der Waals surface area contributed by atoms with Crippen molar-refractivity contribution < 1.29 is 18.7 Å². The van der Waals surface area contributed by atoms with Crippen molar-refractivity contribution in [2.45, 2.75) is 46.1 Å². The first-order chi connectivity index (χ1) is 13.1. The average molecular weight is 369 g/mol. The quantitative estimate of drug-likeness (QED) is 0.444. The Balaban J connectivity index is 2.15. The minimum Gasteiger partial charge on any atom is -0.464 e. The molecule has 3 rings (SSSR count). The van der Waals surface area contributed by atoms with Gasteiger partial charge < -0.3 is 13.7 Å². The third kappa shape index (κ3) is 3.77.